The number of halogens is 1. The molecule has 0 spiro atoms. The molecule has 0 radical (unpaired) electrons. The SMILES string of the molecule is Cc1nc(NC(C)c2ccc(Br)s2)c2cc(N3CCC(N(C)C)C3)ccc2n1. The van der Waals surface area contributed by atoms with Gasteiger partial charge in [0, 0.05) is 35.1 Å². The lowest BCUT2D eigenvalue weighted by atomic mass is 10.1. The molecule has 148 valence electrons. The summed E-state index contributed by atoms with van der Waals surface area (Å²) < 4.78 is 1.15. The zero-order valence-corrected chi connectivity index (χ0v) is 19.1. The van der Waals surface area contributed by atoms with Gasteiger partial charge in [0.15, 0.2) is 0 Å². The van der Waals surface area contributed by atoms with E-state index in [9.17, 15) is 0 Å². The third kappa shape index (κ3) is 4.02. The fourth-order valence-corrected chi connectivity index (χ4v) is 5.20. The van der Waals surface area contributed by atoms with Gasteiger partial charge < -0.3 is 15.1 Å². The summed E-state index contributed by atoms with van der Waals surface area (Å²) in [4.78, 5) is 15.4. The normalized spacial score (nSPS) is 18.2. The largest absolute Gasteiger partial charge is 0.370 e. The van der Waals surface area contributed by atoms with Gasteiger partial charge in [0.05, 0.1) is 15.3 Å². The van der Waals surface area contributed by atoms with Crippen molar-refractivity contribution in [2.75, 3.05) is 37.4 Å². The molecular formula is C21H26BrN5S. The summed E-state index contributed by atoms with van der Waals surface area (Å²) >= 11 is 5.30. The average Bonchev–Trinajstić information content (AvgIpc) is 3.30. The first-order chi connectivity index (χ1) is 13.4. The van der Waals surface area contributed by atoms with Crippen LogP contribution in [0.3, 0.4) is 0 Å². The fourth-order valence-electron chi connectivity index (χ4n) is 3.77. The average molecular weight is 460 g/mol. The molecule has 2 atom stereocenters. The molecule has 1 aromatic carbocycles. The Morgan fingerprint density at radius 1 is 1.25 bits per heavy atom. The summed E-state index contributed by atoms with van der Waals surface area (Å²) in [7, 11) is 4.33. The van der Waals surface area contributed by atoms with Gasteiger partial charge in [-0.1, -0.05) is 0 Å². The molecule has 2 aromatic heterocycles. The standard InChI is InChI=1S/C21H26BrN5S/c1-13(19-7-8-20(22)28-19)23-21-17-11-15(5-6-18(17)24-14(2)25-21)27-10-9-16(12-27)26(3)4/h5-8,11,13,16H,9-10,12H2,1-4H3,(H,23,24,25). The lowest BCUT2D eigenvalue weighted by molar-refractivity contribution is 0.315. The maximum atomic E-state index is 4.73. The molecule has 1 aliphatic heterocycles. The van der Waals surface area contributed by atoms with E-state index in [0.717, 1.165) is 39.4 Å². The molecular weight excluding hydrogens is 434 g/mol. The van der Waals surface area contributed by atoms with Crippen LogP contribution >= 0.6 is 27.3 Å². The van der Waals surface area contributed by atoms with Crippen LogP contribution in [0.15, 0.2) is 34.1 Å². The predicted molar refractivity (Wildman–Crippen MR) is 123 cm³/mol. The van der Waals surface area contributed by atoms with Crippen molar-refractivity contribution in [2.45, 2.75) is 32.4 Å². The Bertz CT molecular complexity index is 986. The lowest BCUT2D eigenvalue weighted by Gasteiger charge is -2.22. The van der Waals surface area contributed by atoms with Crippen LogP contribution in [0.2, 0.25) is 0 Å². The number of thiophene rings is 1. The summed E-state index contributed by atoms with van der Waals surface area (Å²) in [5, 5.41) is 4.69. The number of nitrogens with one attached hydrogen (secondary N) is 1. The minimum absolute atomic E-state index is 0.183. The molecule has 1 saturated heterocycles. The van der Waals surface area contributed by atoms with Crippen LogP contribution in [0.1, 0.15) is 30.1 Å². The molecule has 5 nitrogen and oxygen atoms in total. The number of anilines is 2. The van der Waals surface area contributed by atoms with Crippen LogP contribution in [0.5, 0.6) is 0 Å². The van der Waals surface area contributed by atoms with Gasteiger partial charge in [0.2, 0.25) is 0 Å². The van der Waals surface area contributed by atoms with Crippen molar-refractivity contribution in [1.82, 2.24) is 14.9 Å². The zero-order valence-electron chi connectivity index (χ0n) is 16.7. The molecule has 0 saturated carbocycles. The highest BCUT2D eigenvalue weighted by Crippen LogP contribution is 2.33. The van der Waals surface area contributed by atoms with Crippen LogP contribution in [-0.4, -0.2) is 48.1 Å². The Morgan fingerprint density at radius 2 is 2.07 bits per heavy atom. The van der Waals surface area contributed by atoms with Gasteiger partial charge in [-0.2, -0.15) is 0 Å². The quantitative estimate of drug-likeness (QED) is 0.576. The monoisotopic (exact) mass is 459 g/mol. The van der Waals surface area contributed by atoms with E-state index in [4.69, 9.17) is 4.98 Å². The number of rotatable bonds is 5. The topological polar surface area (TPSA) is 44.3 Å². The molecule has 2 unspecified atom stereocenters. The summed E-state index contributed by atoms with van der Waals surface area (Å²) in [5.41, 5.74) is 2.24. The third-order valence-electron chi connectivity index (χ3n) is 5.42. The van der Waals surface area contributed by atoms with E-state index >= 15 is 0 Å². The second-order valence-corrected chi connectivity index (χ2v) is 10.2. The molecule has 1 aliphatic rings. The number of likely N-dealkylation sites (N-methyl/N-ethyl adjacent to an activating group) is 1. The van der Waals surface area contributed by atoms with Crippen LogP contribution in [0.25, 0.3) is 10.9 Å². The predicted octanol–water partition coefficient (Wildman–Crippen LogP) is 5.08. The number of benzene rings is 1. The summed E-state index contributed by atoms with van der Waals surface area (Å²) in [6.07, 6.45) is 1.20. The zero-order chi connectivity index (χ0) is 19.8. The van der Waals surface area contributed by atoms with E-state index in [1.165, 1.54) is 17.0 Å². The first-order valence-corrected chi connectivity index (χ1v) is 11.2. The maximum absolute atomic E-state index is 4.73. The Kier molecular flexibility index (Phi) is 5.58. The van der Waals surface area contributed by atoms with Crippen LogP contribution < -0.4 is 10.2 Å². The van der Waals surface area contributed by atoms with Crippen molar-refractivity contribution < 1.29 is 0 Å². The minimum Gasteiger partial charge on any atom is -0.370 e. The van der Waals surface area contributed by atoms with E-state index in [1.807, 2.05) is 6.92 Å². The summed E-state index contributed by atoms with van der Waals surface area (Å²) in [5.74, 6) is 1.70. The van der Waals surface area contributed by atoms with Gasteiger partial charge in [0.1, 0.15) is 11.6 Å². The summed E-state index contributed by atoms with van der Waals surface area (Å²) in [6, 6.07) is 11.6. The van der Waals surface area contributed by atoms with Gasteiger partial charge >= 0.3 is 0 Å². The van der Waals surface area contributed by atoms with Crippen molar-refractivity contribution >= 4 is 49.7 Å². The number of aromatic nitrogens is 2. The van der Waals surface area contributed by atoms with Crippen LogP contribution in [0.4, 0.5) is 11.5 Å². The molecule has 0 bridgehead atoms. The molecule has 1 N–H and O–H groups in total. The van der Waals surface area contributed by atoms with Crippen molar-refractivity contribution in [2.24, 2.45) is 0 Å². The van der Waals surface area contributed by atoms with Gasteiger partial charge in [0.25, 0.3) is 0 Å². The highest BCUT2D eigenvalue weighted by molar-refractivity contribution is 9.11. The van der Waals surface area contributed by atoms with E-state index in [1.54, 1.807) is 11.3 Å². The first kappa shape index (κ1) is 19.6. The molecule has 3 heterocycles. The highest BCUT2D eigenvalue weighted by atomic mass is 79.9. The van der Waals surface area contributed by atoms with E-state index in [0.29, 0.717) is 6.04 Å². The van der Waals surface area contributed by atoms with Gasteiger partial charge in [-0.3, -0.25) is 0 Å². The number of nitrogens with zero attached hydrogens (tertiary/aromatic N) is 4. The Labute approximate surface area is 178 Å². The first-order valence-electron chi connectivity index (χ1n) is 9.62. The molecule has 28 heavy (non-hydrogen) atoms. The number of hydrogen-bond donors (Lipinski definition) is 1. The molecule has 7 heteroatoms. The number of aryl methyl sites for hydroxylation is 1. The van der Waals surface area contributed by atoms with Crippen molar-refractivity contribution in [3.05, 3.63) is 44.8 Å². The lowest BCUT2D eigenvalue weighted by Crippen LogP contribution is -2.31. The number of fused-ring (bicyclic) bond motifs is 1. The minimum atomic E-state index is 0.183. The fraction of sp³-hybridized carbons (Fsp3) is 0.429. The van der Waals surface area contributed by atoms with Gasteiger partial charge in [-0.05, 0) is 80.6 Å². The van der Waals surface area contributed by atoms with Gasteiger partial charge in [-0.25, -0.2) is 9.97 Å². The highest BCUT2D eigenvalue weighted by Gasteiger charge is 2.24. The second kappa shape index (κ2) is 7.97. The number of hydrogen-bond acceptors (Lipinski definition) is 6. The molecule has 3 aromatic rings. The van der Waals surface area contributed by atoms with Crippen LogP contribution in [-0.2, 0) is 0 Å². The summed E-state index contributed by atoms with van der Waals surface area (Å²) in [6.45, 7) is 6.28. The van der Waals surface area contributed by atoms with Crippen molar-refractivity contribution in [3.8, 4) is 0 Å². The smallest absolute Gasteiger partial charge is 0.138 e. The Hall–Kier alpha value is -1.70. The van der Waals surface area contributed by atoms with E-state index in [2.05, 4.69) is 87.4 Å². The molecule has 1 fully saturated rings. The molecule has 0 aliphatic carbocycles. The van der Waals surface area contributed by atoms with Gasteiger partial charge in [-0.15, -0.1) is 11.3 Å². The Balaban J connectivity index is 1.66. The van der Waals surface area contributed by atoms with E-state index < -0.39 is 0 Å². The molecule has 4 rings (SSSR count). The van der Waals surface area contributed by atoms with Crippen LogP contribution in [0, 0.1) is 6.92 Å². The van der Waals surface area contributed by atoms with E-state index in [-0.39, 0.29) is 6.04 Å². The molecule has 0 amide bonds. The second-order valence-electron chi connectivity index (χ2n) is 7.68. The Morgan fingerprint density at radius 3 is 2.75 bits per heavy atom. The maximum Gasteiger partial charge on any atom is 0.138 e. The third-order valence-corrected chi connectivity index (χ3v) is 7.23. The van der Waals surface area contributed by atoms with Crippen molar-refractivity contribution in [3.63, 3.8) is 0 Å². The van der Waals surface area contributed by atoms with Crippen molar-refractivity contribution in [1.29, 1.82) is 0 Å².